The number of nitrogens with one attached hydrogen (secondary N) is 5. The van der Waals surface area contributed by atoms with E-state index >= 15 is 0 Å². The first-order valence-electron chi connectivity index (χ1n) is 22.7. The zero-order chi connectivity index (χ0) is 41.1. The Hall–Kier alpha value is -4.60. The average molecular weight is 826 g/mol. The zero-order valence-electron chi connectivity index (χ0n) is 36.1. The summed E-state index contributed by atoms with van der Waals surface area (Å²) in [6.45, 7) is 10.8. The van der Waals surface area contributed by atoms with E-state index in [0.29, 0.717) is 36.1 Å². The fourth-order valence-corrected chi connectivity index (χ4v) is 9.23. The molecule has 2 atom stereocenters. The molecule has 4 aromatic rings. The fraction of sp³-hybridized carbons (Fsp3) is 0.644. The molecule has 4 aliphatic heterocycles. The second kappa shape index (κ2) is 20.8. The Morgan fingerprint density at radius 1 is 0.650 bits per heavy atom. The number of hydrogen-bond acceptors (Lipinski definition) is 15. The molecule has 0 amide bonds. The summed E-state index contributed by atoms with van der Waals surface area (Å²) in [4.78, 5) is 24.7. The summed E-state index contributed by atoms with van der Waals surface area (Å²) in [5.74, 6) is 6.82. The van der Waals surface area contributed by atoms with Crippen molar-refractivity contribution in [1.82, 2.24) is 35.5 Å². The number of likely N-dealkylation sites (tertiary alicyclic amines) is 1. The van der Waals surface area contributed by atoms with Crippen LogP contribution >= 0.6 is 0 Å². The summed E-state index contributed by atoms with van der Waals surface area (Å²) >= 11 is 0. The maximum Gasteiger partial charge on any atom is 0.227 e. The molecule has 0 bridgehead atoms. The molecule has 4 aliphatic rings. The SMILES string of the molecule is COc1cc2nc(NCCCCCCC3CCN(CCCOc4cc5nc(N6CCCC6)nc(N[C@H]6CCNC6)c5cc4OC)CC3)nc(N[C@H]3CCNC3)c2cc1OC. The van der Waals surface area contributed by atoms with Gasteiger partial charge >= 0.3 is 0 Å². The van der Waals surface area contributed by atoms with Crippen molar-refractivity contribution in [3.05, 3.63) is 24.3 Å². The molecule has 8 rings (SSSR count). The highest BCUT2D eigenvalue weighted by Gasteiger charge is 2.24. The van der Waals surface area contributed by atoms with Crippen molar-refractivity contribution in [3.63, 3.8) is 0 Å². The first-order chi connectivity index (χ1) is 29.6. The lowest BCUT2D eigenvalue weighted by molar-refractivity contribution is 0.164. The molecular weight excluding hydrogens is 759 g/mol. The van der Waals surface area contributed by atoms with Crippen LogP contribution < -0.4 is 50.4 Å². The highest BCUT2D eigenvalue weighted by Crippen LogP contribution is 2.37. The normalized spacial score (nSPS) is 19.9. The van der Waals surface area contributed by atoms with Gasteiger partial charge in [0.1, 0.15) is 11.6 Å². The van der Waals surface area contributed by atoms with E-state index in [1.54, 1.807) is 21.3 Å². The maximum absolute atomic E-state index is 6.39. The van der Waals surface area contributed by atoms with Gasteiger partial charge in [0.05, 0.1) is 39.0 Å². The highest BCUT2D eigenvalue weighted by molar-refractivity contribution is 5.94. The van der Waals surface area contributed by atoms with Crippen molar-refractivity contribution in [3.8, 4) is 23.0 Å². The van der Waals surface area contributed by atoms with E-state index in [1.165, 1.54) is 64.5 Å². The zero-order valence-corrected chi connectivity index (χ0v) is 36.1. The second-order valence-corrected chi connectivity index (χ2v) is 17.0. The number of ether oxygens (including phenoxy) is 4. The summed E-state index contributed by atoms with van der Waals surface area (Å²) < 4.78 is 23.4. The van der Waals surface area contributed by atoms with E-state index in [2.05, 4.69) is 36.4 Å². The predicted molar refractivity (Wildman–Crippen MR) is 241 cm³/mol. The third kappa shape index (κ3) is 10.6. The monoisotopic (exact) mass is 826 g/mol. The summed E-state index contributed by atoms with van der Waals surface area (Å²) in [6, 6.07) is 8.69. The number of hydrogen-bond donors (Lipinski definition) is 5. The van der Waals surface area contributed by atoms with Crippen LogP contribution in [0.3, 0.4) is 0 Å². The molecule has 0 spiro atoms. The number of benzene rings is 2. The molecule has 2 aromatic carbocycles. The van der Waals surface area contributed by atoms with E-state index < -0.39 is 0 Å². The molecule has 15 heteroatoms. The smallest absolute Gasteiger partial charge is 0.227 e. The van der Waals surface area contributed by atoms with E-state index in [0.717, 1.165) is 135 Å². The minimum Gasteiger partial charge on any atom is -0.493 e. The van der Waals surface area contributed by atoms with Gasteiger partial charge in [-0.1, -0.05) is 25.7 Å². The van der Waals surface area contributed by atoms with Crippen LogP contribution in [0, 0.1) is 5.92 Å². The fourth-order valence-electron chi connectivity index (χ4n) is 9.23. The van der Waals surface area contributed by atoms with Gasteiger partial charge < -0.3 is 55.3 Å². The average Bonchev–Trinajstić information content (AvgIpc) is 4.11. The summed E-state index contributed by atoms with van der Waals surface area (Å²) in [6.07, 6.45) is 14.2. The molecule has 0 radical (unpaired) electrons. The first kappa shape index (κ1) is 42.1. The van der Waals surface area contributed by atoms with Crippen LogP contribution in [0.15, 0.2) is 24.3 Å². The van der Waals surface area contributed by atoms with Crippen molar-refractivity contribution >= 4 is 45.3 Å². The molecule has 4 saturated heterocycles. The van der Waals surface area contributed by atoms with Crippen molar-refractivity contribution in [2.24, 2.45) is 5.92 Å². The van der Waals surface area contributed by atoms with Crippen LogP contribution in [-0.2, 0) is 0 Å². The quantitative estimate of drug-likeness (QED) is 0.0598. The topological polar surface area (TPSA) is 155 Å². The summed E-state index contributed by atoms with van der Waals surface area (Å²) in [7, 11) is 5.03. The van der Waals surface area contributed by atoms with Crippen LogP contribution in [0.25, 0.3) is 21.8 Å². The standard InChI is InChI=1S/C45H67N11O4/c1-57-38-25-34-36(27-40(38)59-3)51-44(53-42(34)49-32-12-17-46-29-32)48-16-7-5-4-6-11-31-14-22-55(23-15-31)19-10-24-60-41-28-37-35(26-39(41)58-2)43(50-33-13-18-47-30-33)54-45(52-37)56-20-8-9-21-56/h25-28,31-33,46-47H,4-24,29-30H2,1-3H3,(H,50,52,54)(H2,48,49,51,53)/t32-,33-/m0/s1. The Kier molecular flexibility index (Phi) is 14.6. The summed E-state index contributed by atoms with van der Waals surface area (Å²) in [5.41, 5.74) is 1.73. The van der Waals surface area contributed by atoms with Gasteiger partial charge in [0, 0.05) is 74.3 Å². The van der Waals surface area contributed by atoms with Crippen molar-refractivity contribution < 1.29 is 18.9 Å². The molecule has 2 aromatic heterocycles. The summed E-state index contributed by atoms with van der Waals surface area (Å²) in [5, 5.41) is 19.6. The molecule has 15 nitrogen and oxygen atoms in total. The van der Waals surface area contributed by atoms with Crippen LogP contribution in [0.4, 0.5) is 23.5 Å². The van der Waals surface area contributed by atoms with Gasteiger partial charge in [-0.3, -0.25) is 0 Å². The van der Waals surface area contributed by atoms with E-state index in [1.807, 2.05) is 24.3 Å². The first-order valence-corrected chi connectivity index (χ1v) is 22.7. The van der Waals surface area contributed by atoms with Crippen molar-refractivity contribution in [2.45, 2.75) is 89.1 Å². The number of rotatable bonds is 21. The lowest BCUT2D eigenvalue weighted by Crippen LogP contribution is -2.34. The third-order valence-corrected chi connectivity index (χ3v) is 12.8. The van der Waals surface area contributed by atoms with Gasteiger partial charge in [-0.05, 0) is 95.6 Å². The Balaban J connectivity index is 0.743. The van der Waals surface area contributed by atoms with Crippen LogP contribution in [-0.4, -0.2) is 130 Å². The lowest BCUT2D eigenvalue weighted by Gasteiger charge is -2.32. The number of piperidine rings is 1. The Morgan fingerprint density at radius 2 is 1.27 bits per heavy atom. The molecular formula is C45H67N11O4. The molecule has 6 heterocycles. The third-order valence-electron chi connectivity index (χ3n) is 12.8. The second-order valence-electron chi connectivity index (χ2n) is 17.0. The van der Waals surface area contributed by atoms with Gasteiger partial charge in [0.15, 0.2) is 23.0 Å². The maximum atomic E-state index is 6.39. The number of aromatic nitrogens is 4. The van der Waals surface area contributed by atoms with Gasteiger partial charge in [-0.15, -0.1) is 0 Å². The Bertz CT molecular complexity index is 1990. The minimum absolute atomic E-state index is 0.337. The van der Waals surface area contributed by atoms with Crippen molar-refractivity contribution in [2.75, 3.05) is 114 Å². The van der Waals surface area contributed by atoms with Crippen LogP contribution in [0.1, 0.15) is 77.0 Å². The molecule has 0 saturated carbocycles. The minimum atomic E-state index is 0.337. The molecule has 0 aliphatic carbocycles. The number of methoxy groups -OCH3 is 3. The number of unbranched alkanes of at least 4 members (excludes halogenated alkanes) is 3. The Labute approximate surface area is 355 Å². The van der Waals surface area contributed by atoms with Gasteiger partial charge in [-0.2, -0.15) is 9.97 Å². The molecule has 60 heavy (non-hydrogen) atoms. The molecule has 5 N–H and O–H groups in total. The molecule has 326 valence electrons. The lowest BCUT2D eigenvalue weighted by atomic mass is 9.91. The Morgan fingerprint density at radius 3 is 1.93 bits per heavy atom. The van der Waals surface area contributed by atoms with Gasteiger partial charge in [0.25, 0.3) is 0 Å². The number of nitrogens with zero attached hydrogens (tertiary/aromatic N) is 6. The molecule has 4 fully saturated rings. The molecule has 0 unspecified atom stereocenters. The van der Waals surface area contributed by atoms with Crippen molar-refractivity contribution in [1.29, 1.82) is 0 Å². The van der Waals surface area contributed by atoms with Gasteiger partial charge in [-0.25, -0.2) is 9.97 Å². The van der Waals surface area contributed by atoms with E-state index in [9.17, 15) is 0 Å². The van der Waals surface area contributed by atoms with Crippen LogP contribution in [0.5, 0.6) is 23.0 Å². The number of fused-ring (bicyclic) bond motifs is 2. The van der Waals surface area contributed by atoms with Gasteiger partial charge in [0.2, 0.25) is 11.9 Å². The van der Waals surface area contributed by atoms with Crippen LogP contribution in [0.2, 0.25) is 0 Å². The largest absolute Gasteiger partial charge is 0.493 e. The highest BCUT2D eigenvalue weighted by atomic mass is 16.5. The predicted octanol–water partition coefficient (Wildman–Crippen LogP) is 6.29. The van der Waals surface area contributed by atoms with E-state index in [4.69, 9.17) is 38.9 Å². The van der Waals surface area contributed by atoms with E-state index in [-0.39, 0.29) is 0 Å². The number of anilines is 4.